The van der Waals surface area contributed by atoms with Gasteiger partial charge in [-0.05, 0) is 12.1 Å². The van der Waals surface area contributed by atoms with Crippen molar-refractivity contribution in [3.8, 4) is 0 Å². The van der Waals surface area contributed by atoms with Gasteiger partial charge in [0.1, 0.15) is 0 Å². The van der Waals surface area contributed by atoms with Crippen molar-refractivity contribution < 1.29 is 18.0 Å². The molecule has 0 unspecified atom stereocenters. The van der Waals surface area contributed by atoms with Crippen LogP contribution in [-0.2, 0) is 6.18 Å². The molecule has 8 heteroatoms. The molecular weight excluding hydrogens is 268 g/mol. The van der Waals surface area contributed by atoms with E-state index in [0.717, 1.165) is 12.1 Å². The number of hydrazine groups is 1. The minimum Gasteiger partial charge on any atom is -0.290 e. The quantitative estimate of drug-likeness (QED) is 0.469. The molecule has 0 aliphatic carbocycles. The van der Waals surface area contributed by atoms with Gasteiger partial charge in [-0.3, -0.25) is 10.2 Å². The minimum absolute atomic E-state index is 0.388. The second-order valence-corrected chi connectivity index (χ2v) is 3.54. The Bertz CT molecular complexity index is 434. The van der Waals surface area contributed by atoms with Crippen molar-refractivity contribution in [1.29, 1.82) is 0 Å². The number of carbonyl (C=O) groups excluding carboxylic acids is 1. The van der Waals surface area contributed by atoms with E-state index in [2.05, 4.69) is 0 Å². The van der Waals surface area contributed by atoms with Crippen LogP contribution >= 0.6 is 23.2 Å². The Kier molecular flexibility index (Phi) is 3.67. The number of rotatable bonds is 1. The Labute approximate surface area is 98.3 Å². The van der Waals surface area contributed by atoms with Gasteiger partial charge in [-0.1, -0.05) is 23.2 Å². The first-order chi connectivity index (χ1) is 7.29. The molecule has 3 N–H and O–H groups in total. The molecule has 88 valence electrons. The summed E-state index contributed by atoms with van der Waals surface area (Å²) in [6.45, 7) is 0. The Morgan fingerprint density at radius 3 is 2.31 bits per heavy atom. The second-order valence-electron chi connectivity index (χ2n) is 2.76. The highest BCUT2D eigenvalue weighted by Gasteiger charge is 2.37. The summed E-state index contributed by atoms with van der Waals surface area (Å²) in [6, 6.07) is 1.99. The van der Waals surface area contributed by atoms with Gasteiger partial charge in [-0.2, -0.15) is 13.2 Å². The van der Waals surface area contributed by atoms with Crippen LogP contribution in [0, 0.1) is 0 Å². The molecule has 0 bridgehead atoms. The van der Waals surface area contributed by atoms with Crippen LogP contribution in [0.2, 0.25) is 10.0 Å². The SMILES string of the molecule is NNC(=O)c1ccc(Cl)c(C(F)(F)F)c1Cl. The van der Waals surface area contributed by atoms with Crippen molar-refractivity contribution in [3.63, 3.8) is 0 Å². The van der Waals surface area contributed by atoms with Crippen molar-refractivity contribution in [2.24, 2.45) is 5.84 Å². The number of halogens is 5. The Morgan fingerprint density at radius 1 is 1.31 bits per heavy atom. The molecule has 0 radical (unpaired) electrons. The van der Waals surface area contributed by atoms with Crippen LogP contribution in [0.15, 0.2) is 12.1 Å². The molecular formula is C8H5Cl2F3N2O. The van der Waals surface area contributed by atoms with E-state index in [0.29, 0.717) is 0 Å². The molecule has 1 aromatic rings. The average molecular weight is 273 g/mol. The maximum absolute atomic E-state index is 12.5. The summed E-state index contributed by atoms with van der Waals surface area (Å²) in [5.74, 6) is 3.87. The lowest BCUT2D eigenvalue weighted by atomic mass is 10.1. The molecule has 1 amide bonds. The number of benzene rings is 1. The predicted molar refractivity (Wildman–Crippen MR) is 53.1 cm³/mol. The molecule has 3 nitrogen and oxygen atoms in total. The molecule has 0 atom stereocenters. The molecule has 0 saturated carbocycles. The molecule has 1 aromatic carbocycles. The highest BCUT2D eigenvalue weighted by Crippen LogP contribution is 2.40. The molecule has 0 spiro atoms. The zero-order valence-corrected chi connectivity index (χ0v) is 9.04. The third-order valence-corrected chi connectivity index (χ3v) is 2.46. The summed E-state index contributed by atoms with van der Waals surface area (Å²) >= 11 is 10.8. The van der Waals surface area contributed by atoms with Crippen molar-refractivity contribution in [2.45, 2.75) is 6.18 Å². The summed E-state index contributed by atoms with van der Waals surface area (Å²) in [7, 11) is 0. The van der Waals surface area contributed by atoms with Crippen LogP contribution in [-0.4, -0.2) is 5.91 Å². The van der Waals surface area contributed by atoms with Gasteiger partial charge in [0, 0.05) is 0 Å². The lowest BCUT2D eigenvalue weighted by Gasteiger charge is -2.13. The van der Waals surface area contributed by atoms with E-state index in [-0.39, 0.29) is 5.56 Å². The molecule has 0 aliphatic heterocycles. The molecule has 0 aromatic heterocycles. The van der Waals surface area contributed by atoms with Gasteiger partial charge in [0.25, 0.3) is 5.91 Å². The van der Waals surface area contributed by atoms with E-state index >= 15 is 0 Å². The first-order valence-electron chi connectivity index (χ1n) is 3.85. The summed E-state index contributed by atoms with van der Waals surface area (Å²) in [6.07, 6.45) is -4.74. The van der Waals surface area contributed by atoms with Crippen molar-refractivity contribution in [3.05, 3.63) is 33.3 Å². The molecule has 0 heterocycles. The van der Waals surface area contributed by atoms with E-state index in [1.807, 2.05) is 0 Å². The van der Waals surface area contributed by atoms with Gasteiger partial charge in [0.15, 0.2) is 0 Å². The first-order valence-corrected chi connectivity index (χ1v) is 4.60. The number of hydrogen-bond acceptors (Lipinski definition) is 2. The number of amides is 1. The first kappa shape index (κ1) is 13.1. The van der Waals surface area contributed by atoms with E-state index in [9.17, 15) is 18.0 Å². The lowest BCUT2D eigenvalue weighted by molar-refractivity contribution is -0.137. The van der Waals surface area contributed by atoms with Gasteiger partial charge >= 0.3 is 6.18 Å². The highest BCUT2D eigenvalue weighted by atomic mass is 35.5. The van der Waals surface area contributed by atoms with Crippen molar-refractivity contribution >= 4 is 29.1 Å². The van der Waals surface area contributed by atoms with Gasteiger partial charge in [0.2, 0.25) is 0 Å². The number of alkyl halides is 3. The third-order valence-electron chi connectivity index (χ3n) is 1.75. The zero-order chi connectivity index (χ0) is 12.5. The lowest BCUT2D eigenvalue weighted by Crippen LogP contribution is -2.30. The number of nitrogens with one attached hydrogen (secondary N) is 1. The fourth-order valence-electron chi connectivity index (χ4n) is 1.07. The Hall–Kier alpha value is -0.980. The number of hydrogen-bond donors (Lipinski definition) is 2. The summed E-state index contributed by atoms with van der Waals surface area (Å²) in [5.41, 5.74) is 0.0455. The number of nitrogens with two attached hydrogens (primary N) is 1. The van der Waals surface area contributed by atoms with Gasteiger partial charge in [0.05, 0.1) is 21.2 Å². The van der Waals surface area contributed by atoms with E-state index in [4.69, 9.17) is 29.0 Å². The molecule has 0 saturated heterocycles. The summed E-state index contributed by atoms with van der Waals surface area (Å²) in [4.78, 5) is 11.1. The fraction of sp³-hybridized carbons (Fsp3) is 0.125. The fourth-order valence-corrected chi connectivity index (χ4v) is 1.74. The summed E-state index contributed by atoms with van der Waals surface area (Å²) in [5, 5.41) is -1.35. The number of nitrogen functional groups attached to an aromatic ring is 1. The van der Waals surface area contributed by atoms with Gasteiger partial charge < -0.3 is 0 Å². The van der Waals surface area contributed by atoms with Crippen molar-refractivity contribution in [1.82, 2.24) is 5.43 Å². The van der Waals surface area contributed by atoms with Crippen LogP contribution in [0.4, 0.5) is 13.2 Å². The third kappa shape index (κ3) is 2.40. The van der Waals surface area contributed by atoms with Crippen LogP contribution < -0.4 is 11.3 Å². The van der Waals surface area contributed by atoms with E-state index in [1.165, 1.54) is 0 Å². The minimum atomic E-state index is -4.74. The van der Waals surface area contributed by atoms with E-state index in [1.54, 1.807) is 5.43 Å². The molecule has 1 rings (SSSR count). The largest absolute Gasteiger partial charge is 0.419 e. The Morgan fingerprint density at radius 2 is 1.88 bits per heavy atom. The normalized spacial score (nSPS) is 11.4. The van der Waals surface area contributed by atoms with Crippen molar-refractivity contribution in [2.75, 3.05) is 0 Å². The van der Waals surface area contributed by atoms with Gasteiger partial charge in [-0.15, -0.1) is 0 Å². The smallest absolute Gasteiger partial charge is 0.290 e. The average Bonchev–Trinajstić information content (AvgIpc) is 2.14. The van der Waals surface area contributed by atoms with Crippen LogP contribution in [0.25, 0.3) is 0 Å². The van der Waals surface area contributed by atoms with Crippen LogP contribution in [0.3, 0.4) is 0 Å². The highest BCUT2D eigenvalue weighted by molar-refractivity contribution is 6.38. The van der Waals surface area contributed by atoms with Crippen LogP contribution in [0.1, 0.15) is 15.9 Å². The molecule has 16 heavy (non-hydrogen) atoms. The predicted octanol–water partition coefficient (Wildman–Crippen LogP) is 2.62. The second kappa shape index (κ2) is 4.48. The topological polar surface area (TPSA) is 55.1 Å². The standard InChI is InChI=1S/C8H5Cl2F3N2O/c9-4-2-1-3(7(16)15-14)6(10)5(4)8(11,12)13/h1-2H,14H2,(H,15,16). The Balaban J connectivity index is 3.45. The van der Waals surface area contributed by atoms with E-state index < -0.39 is 27.7 Å². The van der Waals surface area contributed by atoms with Crippen LogP contribution in [0.5, 0.6) is 0 Å². The zero-order valence-electron chi connectivity index (χ0n) is 7.53. The molecule has 0 aliphatic rings. The summed E-state index contributed by atoms with van der Waals surface area (Å²) < 4.78 is 37.6. The number of carbonyl (C=O) groups is 1. The monoisotopic (exact) mass is 272 g/mol. The molecule has 0 fully saturated rings. The van der Waals surface area contributed by atoms with Gasteiger partial charge in [-0.25, -0.2) is 5.84 Å². The maximum atomic E-state index is 12.5. The maximum Gasteiger partial charge on any atom is 0.419 e.